The molecule has 0 fully saturated rings. The van der Waals surface area contributed by atoms with Gasteiger partial charge in [0.2, 0.25) is 4.80 Å². The first-order valence-electron chi connectivity index (χ1n) is 8.74. The second kappa shape index (κ2) is 8.58. The third-order valence-corrected chi connectivity index (χ3v) is 5.70. The number of hydrogen-bond acceptors (Lipinski definition) is 5. The van der Waals surface area contributed by atoms with Crippen molar-refractivity contribution in [2.45, 2.75) is 59.5 Å². The maximum Gasteiger partial charge on any atom is 0.200 e. The zero-order valence-electron chi connectivity index (χ0n) is 15.8. The standard InChI is InChI=1S/C18H28N4O2S/c1-6-14(7-2)17-20-22(18(19)25-17)11-16(23)15-10-12(3)21(13(15)4)8-9-24-5/h10,14,19H,6-9,11H2,1-5H3. The molecule has 25 heavy (non-hydrogen) atoms. The van der Waals surface area contributed by atoms with E-state index in [9.17, 15) is 4.79 Å². The fraction of sp³-hybridized carbons (Fsp3) is 0.611. The minimum absolute atomic E-state index is 0.00309. The van der Waals surface area contributed by atoms with Gasteiger partial charge < -0.3 is 9.30 Å². The van der Waals surface area contributed by atoms with Gasteiger partial charge in [0.15, 0.2) is 5.78 Å². The van der Waals surface area contributed by atoms with Crippen molar-refractivity contribution >= 4 is 17.1 Å². The normalized spacial score (nSPS) is 11.4. The second-order valence-electron chi connectivity index (χ2n) is 6.27. The van der Waals surface area contributed by atoms with Crippen molar-refractivity contribution in [3.8, 4) is 0 Å². The Kier molecular flexibility index (Phi) is 6.72. The number of ether oxygens (including phenoxy) is 1. The average Bonchev–Trinajstić information content (AvgIpc) is 3.07. The Morgan fingerprint density at radius 3 is 2.64 bits per heavy atom. The van der Waals surface area contributed by atoms with Gasteiger partial charge in [0, 0.05) is 36.5 Å². The summed E-state index contributed by atoms with van der Waals surface area (Å²) in [6.45, 7) is 9.67. The van der Waals surface area contributed by atoms with E-state index in [-0.39, 0.29) is 12.3 Å². The summed E-state index contributed by atoms with van der Waals surface area (Å²) in [6.07, 6.45) is 2.00. The Bertz CT molecular complexity index is 784. The fourth-order valence-electron chi connectivity index (χ4n) is 3.08. The van der Waals surface area contributed by atoms with Crippen molar-refractivity contribution in [2.75, 3.05) is 13.7 Å². The number of ketones is 1. The van der Waals surface area contributed by atoms with Gasteiger partial charge in [-0.05, 0) is 32.8 Å². The highest BCUT2D eigenvalue weighted by Crippen LogP contribution is 2.23. The topological polar surface area (TPSA) is 72.9 Å². The van der Waals surface area contributed by atoms with Crippen LogP contribution in [-0.2, 0) is 17.8 Å². The van der Waals surface area contributed by atoms with Crippen LogP contribution in [0.1, 0.15) is 59.4 Å². The SMILES string of the molecule is CCC(CC)c1nn(CC(=O)c2cc(C)n(CCOC)c2C)c(=N)s1. The van der Waals surface area contributed by atoms with Crippen LogP contribution in [0.2, 0.25) is 0 Å². The molecule has 0 saturated heterocycles. The van der Waals surface area contributed by atoms with E-state index < -0.39 is 0 Å². The number of Topliss-reactive ketones (excluding diaryl/α,β-unsaturated/α-hetero) is 1. The molecule has 0 aliphatic heterocycles. The van der Waals surface area contributed by atoms with E-state index in [1.54, 1.807) is 7.11 Å². The van der Waals surface area contributed by atoms with Gasteiger partial charge in [0.25, 0.3) is 0 Å². The molecule has 2 rings (SSSR count). The third-order valence-electron chi connectivity index (χ3n) is 4.68. The first-order valence-corrected chi connectivity index (χ1v) is 9.55. The highest BCUT2D eigenvalue weighted by atomic mass is 32.1. The number of aryl methyl sites for hydroxylation is 1. The molecule has 0 atom stereocenters. The molecule has 0 aromatic carbocycles. The summed E-state index contributed by atoms with van der Waals surface area (Å²) in [5.41, 5.74) is 2.70. The molecule has 0 saturated carbocycles. The number of methoxy groups -OCH3 is 1. The van der Waals surface area contributed by atoms with E-state index in [2.05, 4.69) is 23.5 Å². The summed E-state index contributed by atoms with van der Waals surface area (Å²) in [5, 5.41) is 13.6. The summed E-state index contributed by atoms with van der Waals surface area (Å²) in [7, 11) is 1.67. The average molecular weight is 365 g/mol. The van der Waals surface area contributed by atoms with Gasteiger partial charge in [-0.1, -0.05) is 25.2 Å². The summed E-state index contributed by atoms with van der Waals surface area (Å²) >= 11 is 1.38. The quantitative estimate of drug-likeness (QED) is 0.694. The summed E-state index contributed by atoms with van der Waals surface area (Å²) in [5.74, 6) is 0.362. The molecule has 0 aliphatic carbocycles. The molecule has 0 amide bonds. The Morgan fingerprint density at radius 1 is 1.36 bits per heavy atom. The maximum absolute atomic E-state index is 12.8. The van der Waals surface area contributed by atoms with E-state index in [1.165, 1.54) is 16.0 Å². The van der Waals surface area contributed by atoms with Gasteiger partial charge in [-0.3, -0.25) is 10.2 Å². The van der Waals surface area contributed by atoms with Gasteiger partial charge in [-0.2, -0.15) is 5.10 Å². The Morgan fingerprint density at radius 2 is 2.04 bits per heavy atom. The molecule has 0 unspecified atom stereocenters. The number of carbonyl (C=O) groups excluding carboxylic acids is 1. The van der Waals surface area contributed by atoms with E-state index in [0.717, 1.165) is 35.8 Å². The van der Waals surface area contributed by atoms with Crippen molar-refractivity contribution in [1.82, 2.24) is 14.3 Å². The molecule has 2 heterocycles. The maximum atomic E-state index is 12.8. The van der Waals surface area contributed by atoms with Crippen LogP contribution in [0.15, 0.2) is 6.07 Å². The number of rotatable bonds is 9. The Labute approximate surface area is 153 Å². The highest BCUT2D eigenvalue weighted by Gasteiger charge is 2.19. The first kappa shape index (κ1) is 19.6. The molecule has 0 aliphatic rings. The Balaban J connectivity index is 2.22. The summed E-state index contributed by atoms with van der Waals surface area (Å²) in [6, 6.07) is 1.92. The second-order valence-corrected chi connectivity index (χ2v) is 7.28. The fourth-order valence-corrected chi connectivity index (χ4v) is 4.13. The van der Waals surface area contributed by atoms with E-state index >= 15 is 0 Å². The predicted octanol–water partition coefficient (Wildman–Crippen LogP) is 3.28. The number of carbonyl (C=O) groups is 1. The van der Waals surface area contributed by atoms with E-state index in [4.69, 9.17) is 10.1 Å². The largest absolute Gasteiger partial charge is 0.383 e. The zero-order valence-corrected chi connectivity index (χ0v) is 16.6. The highest BCUT2D eigenvalue weighted by molar-refractivity contribution is 7.08. The van der Waals surface area contributed by atoms with Crippen LogP contribution in [0.25, 0.3) is 0 Å². The van der Waals surface area contributed by atoms with Crippen molar-refractivity contribution < 1.29 is 9.53 Å². The molecule has 6 nitrogen and oxygen atoms in total. The van der Waals surface area contributed by atoms with Crippen molar-refractivity contribution in [3.63, 3.8) is 0 Å². The smallest absolute Gasteiger partial charge is 0.200 e. The van der Waals surface area contributed by atoms with Crippen LogP contribution in [0.5, 0.6) is 0 Å². The van der Waals surface area contributed by atoms with Crippen LogP contribution >= 0.6 is 11.3 Å². The molecule has 0 spiro atoms. The predicted molar refractivity (Wildman–Crippen MR) is 99.4 cm³/mol. The van der Waals surface area contributed by atoms with Crippen molar-refractivity contribution in [2.24, 2.45) is 0 Å². The van der Waals surface area contributed by atoms with Crippen LogP contribution in [-0.4, -0.2) is 33.8 Å². The molecule has 1 N–H and O–H groups in total. The molecule has 0 bridgehead atoms. The molecule has 0 radical (unpaired) electrons. The lowest BCUT2D eigenvalue weighted by Crippen LogP contribution is -2.21. The molecular formula is C18H28N4O2S. The molecular weight excluding hydrogens is 336 g/mol. The van der Waals surface area contributed by atoms with Crippen LogP contribution in [0.4, 0.5) is 0 Å². The lowest BCUT2D eigenvalue weighted by molar-refractivity contribution is 0.0965. The third kappa shape index (κ3) is 4.27. The molecule has 7 heteroatoms. The lowest BCUT2D eigenvalue weighted by Gasteiger charge is -2.09. The minimum atomic E-state index is -0.00309. The first-order chi connectivity index (χ1) is 11.9. The van der Waals surface area contributed by atoms with Crippen molar-refractivity contribution in [1.29, 1.82) is 5.41 Å². The van der Waals surface area contributed by atoms with E-state index in [1.807, 2.05) is 19.9 Å². The summed E-state index contributed by atoms with van der Waals surface area (Å²) in [4.78, 5) is 13.1. The monoisotopic (exact) mass is 364 g/mol. The van der Waals surface area contributed by atoms with E-state index in [0.29, 0.717) is 22.9 Å². The Hall–Kier alpha value is -1.73. The van der Waals surface area contributed by atoms with Crippen LogP contribution in [0.3, 0.4) is 0 Å². The van der Waals surface area contributed by atoms with Crippen molar-refractivity contribution in [3.05, 3.63) is 32.8 Å². The van der Waals surface area contributed by atoms with Gasteiger partial charge in [0.1, 0.15) is 11.6 Å². The molecule has 2 aromatic rings. The number of nitrogens with zero attached hydrogens (tertiary/aromatic N) is 3. The number of nitrogens with one attached hydrogen (secondary N) is 1. The minimum Gasteiger partial charge on any atom is -0.383 e. The van der Waals surface area contributed by atoms with Crippen LogP contribution in [0, 0.1) is 19.3 Å². The van der Waals surface area contributed by atoms with Gasteiger partial charge in [0.05, 0.1) is 6.61 Å². The summed E-state index contributed by atoms with van der Waals surface area (Å²) < 4.78 is 8.77. The van der Waals surface area contributed by atoms with Gasteiger partial charge >= 0.3 is 0 Å². The molecule has 138 valence electrons. The van der Waals surface area contributed by atoms with Gasteiger partial charge in [-0.25, -0.2) is 4.68 Å². The lowest BCUT2D eigenvalue weighted by atomic mass is 10.1. The number of aromatic nitrogens is 3. The molecule has 2 aromatic heterocycles. The van der Waals surface area contributed by atoms with Crippen LogP contribution < -0.4 is 4.80 Å². The zero-order chi connectivity index (χ0) is 18.6. The number of hydrogen-bond donors (Lipinski definition) is 1. The van der Waals surface area contributed by atoms with Gasteiger partial charge in [-0.15, -0.1) is 0 Å².